The average molecular weight is 451 g/mol. The molecule has 0 radical (unpaired) electrons. The fourth-order valence-corrected chi connectivity index (χ4v) is 3.67. The van der Waals surface area contributed by atoms with Crippen LogP contribution in [0.15, 0.2) is 91.0 Å². The highest BCUT2D eigenvalue weighted by Crippen LogP contribution is 2.24. The zero-order valence-corrected chi connectivity index (χ0v) is 19.2. The number of fused-ring (bicyclic) bond motifs is 1. The van der Waals surface area contributed by atoms with Gasteiger partial charge in [0.25, 0.3) is 0 Å². The van der Waals surface area contributed by atoms with Crippen LogP contribution in [0.3, 0.4) is 0 Å². The lowest BCUT2D eigenvalue weighted by Crippen LogP contribution is -2.30. The predicted molar refractivity (Wildman–Crippen MR) is 143 cm³/mol. The monoisotopic (exact) mass is 450 g/mol. The molecule has 0 saturated heterocycles. The van der Waals surface area contributed by atoms with Gasteiger partial charge < -0.3 is 16.0 Å². The Morgan fingerprint density at radius 1 is 0.765 bits per heavy atom. The molecule has 1 aromatic heterocycles. The highest BCUT2D eigenvalue weighted by Gasteiger charge is 2.05. The molecule has 0 aliphatic rings. The number of rotatable bonds is 11. The van der Waals surface area contributed by atoms with Crippen molar-refractivity contribution in [2.75, 3.05) is 30.3 Å². The normalized spacial score (nSPS) is 10.9. The Hall–Kier alpha value is -4.12. The molecule has 1 amide bonds. The Labute approximate surface area is 200 Å². The molecule has 0 unspecified atom stereocenters. The number of unbranched alkanes of at least 4 members (excludes halogenated alkanes) is 1. The fourth-order valence-electron chi connectivity index (χ4n) is 3.67. The van der Waals surface area contributed by atoms with Crippen LogP contribution in [-0.4, -0.2) is 30.5 Å². The van der Waals surface area contributed by atoms with Crippen LogP contribution in [0.1, 0.15) is 24.1 Å². The van der Waals surface area contributed by atoms with Crippen molar-refractivity contribution in [3.63, 3.8) is 0 Å². The number of amides is 1. The van der Waals surface area contributed by atoms with Crippen LogP contribution < -0.4 is 16.0 Å². The Bertz CT molecular complexity index is 1220. The van der Waals surface area contributed by atoms with Crippen LogP contribution in [-0.2, 0) is 4.79 Å². The largest absolute Gasteiger partial charge is 0.384 e. The van der Waals surface area contributed by atoms with Crippen molar-refractivity contribution in [1.29, 1.82) is 0 Å². The summed E-state index contributed by atoms with van der Waals surface area (Å²) in [6, 6.07) is 30.3. The summed E-state index contributed by atoms with van der Waals surface area (Å²) in [5.41, 5.74) is 5.06. The second-order valence-electron chi connectivity index (χ2n) is 8.06. The lowest BCUT2D eigenvalue weighted by atomic mass is 10.1. The average Bonchev–Trinajstić information content (AvgIpc) is 2.89. The van der Waals surface area contributed by atoms with Crippen LogP contribution in [0.2, 0.25) is 0 Å². The van der Waals surface area contributed by atoms with E-state index >= 15 is 0 Å². The number of hydrogen-bond acceptors (Lipinski definition) is 4. The fraction of sp³-hybridized carbons (Fsp3) is 0.172. The van der Waals surface area contributed by atoms with E-state index in [4.69, 9.17) is 4.98 Å². The molecule has 0 aliphatic heterocycles. The first-order valence-electron chi connectivity index (χ1n) is 11.7. The molecular weight excluding hydrogens is 420 g/mol. The van der Waals surface area contributed by atoms with Gasteiger partial charge in [-0.15, -0.1) is 0 Å². The second kappa shape index (κ2) is 12.2. The van der Waals surface area contributed by atoms with Crippen molar-refractivity contribution >= 4 is 40.3 Å². The minimum atomic E-state index is 0.00628. The summed E-state index contributed by atoms with van der Waals surface area (Å²) in [7, 11) is 0. The van der Waals surface area contributed by atoms with Crippen LogP contribution >= 0.6 is 0 Å². The van der Waals surface area contributed by atoms with E-state index in [0.29, 0.717) is 6.54 Å². The highest BCUT2D eigenvalue weighted by atomic mass is 16.1. The Morgan fingerprint density at radius 3 is 2.29 bits per heavy atom. The van der Waals surface area contributed by atoms with E-state index in [1.807, 2.05) is 72.8 Å². The Kier molecular flexibility index (Phi) is 8.28. The van der Waals surface area contributed by atoms with Gasteiger partial charge in [-0.1, -0.05) is 72.8 Å². The van der Waals surface area contributed by atoms with E-state index in [0.717, 1.165) is 52.9 Å². The summed E-state index contributed by atoms with van der Waals surface area (Å²) in [4.78, 5) is 16.8. The molecule has 0 atom stereocenters. The van der Waals surface area contributed by atoms with Crippen LogP contribution in [0, 0.1) is 0 Å². The topological polar surface area (TPSA) is 66.1 Å². The van der Waals surface area contributed by atoms with Gasteiger partial charge in [0, 0.05) is 29.9 Å². The third kappa shape index (κ3) is 6.94. The van der Waals surface area contributed by atoms with Crippen molar-refractivity contribution in [3.05, 3.63) is 102 Å². The third-order valence-electron chi connectivity index (χ3n) is 5.45. The molecule has 3 N–H and O–H groups in total. The number of anilines is 2. The van der Waals surface area contributed by atoms with Crippen molar-refractivity contribution < 1.29 is 4.79 Å². The van der Waals surface area contributed by atoms with Crippen molar-refractivity contribution in [3.8, 4) is 0 Å². The van der Waals surface area contributed by atoms with E-state index in [9.17, 15) is 4.79 Å². The van der Waals surface area contributed by atoms with E-state index in [2.05, 4.69) is 46.3 Å². The number of para-hydroxylation sites is 2. The molecule has 0 spiro atoms. The lowest BCUT2D eigenvalue weighted by Gasteiger charge is -2.11. The van der Waals surface area contributed by atoms with Gasteiger partial charge in [-0.3, -0.25) is 4.79 Å². The molecule has 5 heteroatoms. The van der Waals surface area contributed by atoms with E-state index in [-0.39, 0.29) is 12.5 Å². The number of pyridine rings is 1. The Morgan fingerprint density at radius 2 is 1.47 bits per heavy atom. The molecule has 1 heterocycles. The molecule has 0 saturated carbocycles. The number of hydrogen-bond donors (Lipinski definition) is 3. The van der Waals surface area contributed by atoms with Gasteiger partial charge in [-0.05, 0) is 48.7 Å². The zero-order valence-electron chi connectivity index (χ0n) is 19.2. The van der Waals surface area contributed by atoms with Gasteiger partial charge in [-0.2, -0.15) is 0 Å². The van der Waals surface area contributed by atoms with Gasteiger partial charge in [0.1, 0.15) is 0 Å². The van der Waals surface area contributed by atoms with E-state index in [1.54, 1.807) is 0 Å². The number of nitrogens with one attached hydrogen (secondary N) is 3. The van der Waals surface area contributed by atoms with Crippen molar-refractivity contribution in [2.24, 2.45) is 0 Å². The molecule has 0 aliphatic carbocycles. The quantitative estimate of drug-likeness (QED) is 0.252. The first-order chi connectivity index (χ1) is 16.8. The number of nitrogens with zero attached hydrogens (tertiary/aromatic N) is 1. The third-order valence-corrected chi connectivity index (χ3v) is 5.45. The summed E-state index contributed by atoms with van der Waals surface area (Å²) in [5.74, 6) is 0.00628. The number of carbonyl (C=O) groups is 1. The minimum Gasteiger partial charge on any atom is -0.384 e. The number of benzene rings is 3. The maximum atomic E-state index is 12.0. The Balaban J connectivity index is 1.25. The first-order valence-corrected chi connectivity index (χ1v) is 11.7. The summed E-state index contributed by atoms with van der Waals surface area (Å²) in [6.45, 7) is 1.78. The van der Waals surface area contributed by atoms with Crippen LogP contribution in [0.25, 0.3) is 23.1 Å². The van der Waals surface area contributed by atoms with Gasteiger partial charge in [-0.25, -0.2) is 4.98 Å². The first kappa shape index (κ1) is 23.1. The highest BCUT2D eigenvalue weighted by molar-refractivity contribution is 5.92. The molecule has 172 valence electrons. The number of carbonyl (C=O) groups excluding carboxylic acids is 1. The molecule has 3 aromatic carbocycles. The zero-order chi connectivity index (χ0) is 23.4. The van der Waals surface area contributed by atoms with Crippen LogP contribution in [0.4, 0.5) is 11.4 Å². The van der Waals surface area contributed by atoms with Crippen molar-refractivity contribution in [1.82, 2.24) is 10.3 Å². The molecule has 4 aromatic rings. The maximum absolute atomic E-state index is 12.0. The molecular formula is C29H30N4O. The summed E-state index contributed by atoms with van der Waals surface area (Å²) < 4.78 is 0. The molecule has 0 bridgehead atoms. The summed E-state index contributed by atoms with van der Waals surface area (Å²) in [6.07, 6.45) is 5.99. The van der Waals surface area contributed by atoms with Gasteiger partial charge in [0.2, 0.25) is 5.91 Å². The molecule has 5 nitrogen and oxygen atoms in total. The molecule has 4 rings (SSSR count). The second-order valence-corrected chi connectivity index (χ2v) is 8.06. The standard InChI is InChI=1S/C29H30N4O/c34-29(22-32-24-13-5-2-6-14-24)31-20-10-9-19-30-28-21-25(18-17-23-11-3-1-4-12-23)33-27-16-8-7-15-26(27)28/h1-8,11-18,21,32H,9-10,19-20,22H2,(H,30,33)(H,31,34)/b18-17+. The predicted octanol–water partition coefficient (Wildman–Crippen LogP) is 5.83. The van der Waals surface area contributed by atoms with Crippen LogP contribution in [0.5, 0.6) is 0 Å². The van der Waals surface area contributed by atoms with E-state index < -0.39 is 0 Å². The minimum absolute atomic E-state index is 0.00628. The number of aromatic nitrogens is 1. The molecule has 0 fully saturated rings. The lowest BCUT2D eigenvalue weighted by molar-refractivity contribution is -0.119. The van der Waals surface area contributed by atoms with Crippen molar-refractivity contribution in [2.45, 2.75) is 12.8 Å². The van der Waals surface area contributed by atoms with Gasteiger partial charge in [0.15, 0.2) is 0 Å². The van der Waals surface area contributed by atoms with E-state index in [1.165, 1.54) is 0 Å². The molecule has 34 heavy (non-hydrogen) atoms. The van der Waals surface area contributed by atoms with Gasteiger partial charge >= 0.3 is 0 Å². The summed E-state index contributed by atoms with van der Waals surface area (Å²) in [5, 5.41) is 10.8. The maximum Gasteiger partial charge on any atom is 0.239 e. The van der Waals surface area contributed by atoms with Gasteiger partial charge in [0.05, 0.1) is 17.8 Å². The summed E-state index contributed by atoms with van der Waals surface area (Å²) >= 11 is 0. The SMILES string of the molecule is O=C(CNc1ccccc1)NCCCCNc1cc(/C=C/c2ccccc2)nc2ccccc12. The smallest absolute Gasteiger partial charge is 0.239 e.